The normalized spacial score (nSPS) is 30.3. The quantitative estimate of drug-likeness (QED) is 0.823. The summed E-state index contributed by atoms with van der Waals surface area (Å²) in [4.78, 5) is 35.9. The minimum atomic E-state index is -1.03. The maximum atomic E-state index is 12.6. The Hall–Kier alpha value is -2.17. The summed E-state index contributed by atoms with van der Waals surface area (Å²) in [6.45, 7) is 6.19. The average molecular weight is 358 g/mol. The van der Waals surface area contributed by atoms with E-state index in [0.29, 0.717) is 17.8 Å². The molecule has 0 bridgehead atoms. The van der Waals surface area contributed by atoms with E-state index in [-0.39, 0.29) is 28.4 Å². The van der Waals surface area contributed by atoms with Gasteiger partial charge in [-0.2, -0.15) is 0 Å². The maximum Gasteiger partial charge on any atom is 0.338 e. The molecule has 0 heterocycles. The van der Waals surface area contributed by atoms with E-state index in [9.17, 15) is 14.4 Å². The zero-order chi connectivity index (χ0) is 19.1. The molecule has 1 aromatic rings. The van der Waals surface area contributed by atoms with Gasteiger partial charge in [0.1, 0.15) is 11.9 Å². The molecular weight excluding hydrogens is 332 g/mol. The first-order valence-corrected chi connectivity index (χ1v) is 9.24. The van der Waals surface area contributed by atoms with Crippen molar-refractivity contribution < 1.29 is 24.2 Å². The molecule has 2 aliphatic carbocycles. The van der Waals surface area contributed by atoms with E-state index in [2.05, 4.69) is 6.92 Å². The molecule has 0 saturated heterocycles. The van der Waals surface area contributed by atoms with Crippen molar-refractivity contribution in [1.29, 1.82) is 0 Å². The second-order valence-corrected chi connectivity index (χ2v) is 8.41. The highest BCUT2D eigenvalue weighted by molar-refractivity contribution is 5.92. The number of esters is 1. The molecule has 2 saturated carbocycles. The van der Waals surface area contributed by atoms with Gasteiger partial charge in [-0.05, 0) is 55.9 Å². The zero-order valence-electron chi connectivity index (χ0n) is 15.6. The second kappa shape index (κ2) is 6.53. The van der Waals surface area contributed by atoms with E-state index in [0.717, 1.165) is 25.7 Å². The van der Waals surface area contributed by atoms with E-state index < -0.39 is 11.9 Å². The van der Waals surface area contributed by atoms with Crippen LogP contribution in [0.1, 0.15) is 73.6 Å². The number of hydrogen-bond acceptors (Lipinski definition) is 4. The number of ketones is 1. The molecule has 0 aliphatic heterocycles. The van der Waals surface area contributed by atoms with E-state index in [1.54, 1.807) is 0 Å². The Morgan fingerprint density at radius 2 is 1.69 bits per heavy atom. The molecule has 140 valence electrons. The van der Waals surface area contributed by atoms with Crippen molar-refractivity contribution in [2.75, 3.05) is 0 Å². The van der Waals surface area contributed by atoms with Crippen LogP contribution in [0.25, 0.3) is 0 Å². The van der Waals surface area contributed by atoms with Gasteiger partial charge in [0.05, 0.1) is 11.1 Å². The number of rotatable bonds is 3. The van der Waals surface area contributed by atoms with Crippen LogP contribution in [-0.4, -0.2) is 28.9 Å². The van der Waals surface area contributed by atoms with Crippen LogP contribution < -0.4 is 0 Å². The molecule has 3 atom stereocenters. The minimum Gasteiger partial charge on any atom is -0.478 e. The Morgan fingerprint density at radius 3 is 2.31 bits per heavy atom. The van der Waals surface area contributed by atoms with Crippen molar-refractivity contribution in [3.63, 3.8) is 0 Å². The van der Waals surface area contributed by atoms with Gasteiger partial charge in [-0.3, -0.25) is 4.79 Å². The van der Waals surface area contributed by atoms with Crippen molar-refractivity contribution in [2.45, 2.75) is 59.0 Å². The van der Waals surface area contributed by atoms with Crippen molar-refractivity contribution >= 4 is 17.7 Å². The van der Waals surface area contributed by atoms with Crippen LogP contribution in [0, 0.1) is 16.7 Å². The van der Waals surface area contributed by atoms with Crippen LogP contribution in [-0.2, 0) is 9.53 Å². The molecule has 3 rings (SSSR count). The van der Waals surface area contributed by atoms with Gasteiger partial charge in [0.2, 0.25) is 0 Å². The first kappa shape index (κ1) is 18.6. The van der Waals surface area contributed by atoms with Gasteiger partial charge in [-0.15, -0.1) is 0 Å². The maximum absolute atomic E-state index is 12.6. The fourth-order valence-corrected chi connectivity index (χ4v) is 4.95. The van der Waals surface area contributed by atoms with Crippen LogP contribution in [0.5, 0.6) is 0 Å². The molecule has 2 aliphatic rings. The van der Waals surface area contributed by atoms with Gasteiger partial charge in [0.15, 0.2) is 0 Å². The predicted octanol–water partition coefficient (Wildman–Crippen LogP) is 4.11. The molecule has 0 radical (unpaired) electrons. The van der Waals surface area contributed by atoms with Gasteiger partial charge >= 0.3 is 11.9 Å². The molecule has 1 N–H and O–H groups in total. The lowest BCUT2D eigenvalue weighted by Crippen LogP contribution is -2.55. The molecule has 1 aromatic carbocycles. The van der Waals surface area contributed by atoms with Crippen molar-refractivity contribution in [2.24, 2.45) is 16.7 Å². The highest BCUT2D eigenvalue weighted by Gasteiger charge is 2.56. The summed E-state index contributed by atoms with van der Waals surface area (Å²) in [6, 6.07) is 5.80. The summed E-state index contributed by atoms with van der Waals surface area (Å²) in [6.07, 6.45) is 3.77. The lowest BCUT2D eigenvalue weighted by molar-refractivity contribution is -0.155. The van der Waals surface area contributed by atoms with Crippen LogP contribution in [0.15, 0.2) is 24.3 Å². The van der Waals surface area contributed by atoms with E-state index in [1.807, 2.05) is 13.8 Å². The standard InChI is InChI=1S/C21H26O5/c1-20(2)15-5-4-6-17(21(15,3)12-11-16(20)22)26-19(25)14-9-7-13(8-10-14)18(23)24/h7-10,15,17H,4-6,11-12H2,1-3H3,(H,23,24)/t15-,17+,21+/m0/s1. The lowest BCUT2D eigenvalue weighted by atomic mass is 9.50. The summed E-state index contributed by atoms with van der Waals surface area (Å²) >= 11 is 0. The van der Waals surface area contributed by atoms with E-state index >= 15 is 0 Å². The third-order valence-electron chi connectivity index (χ3n) is 6.59. The number of benzene rings is 1. The first-order chi connectivity index (χ1) is 12.2. The summed E-state index contributed by atoms with van der Waals surface area (Å²) in [5.74, 6) is -0.946. The van der Waals surface area contributed by atoms with Gasteiger partial charge in [0, 0.05) is 17.3 Å². The molecule has 5 heteroatoms. The molecule has 0 spiro atoms. The second-order valence-electron chi connectivity index (χ2n) is 8.41. The Morgan fingerprint density at radius 1 is 1.08 bits per heavy atom. The van der Waals surface area contributed by atoms with Crippen LogP contribution in [0.4, 0.5) is 0 Å². The predicted molar refractivity (Wildman–Crippen MR) is 96.1 cm³/mol. The van der Waals surface area contributed by atoms with Crippen LogP contribution in [0.2, 0.25) is 0 Å². The molecule has 0 unspecified atom stereocenters. The summed E-state index contributed by atoms with van der Waals surface area (Å²) in [5.41, 5.74) is -0.0984. The zero-order valence-corrected chi connectivity index (χ0v) is 15.6. The van der Waals surface area contributed by atoms with E-state index in [4.69, 9.17) is 9.84 Å². The highest BCUT2D eigenvalue weighted by atomic mass is 16.5. The number of fused-ring (bicyclic) bond motifs is 1. The van der Waals surface area contributed by atoms with Crippen molar-refractivity contribution in [3.05, 3.63) is 35.4 Å². The van der Waals surface area contributed by atoms with E-state index in [1.165, 1.54) is 24.3 Å². The molecule has 26 heavy (non-hydrogen) atoms. The number of carbonyl (C=O) groups excluding carboxylic acids is 2. The number of Topliss-reactive ketones (excluding diaryl/α,β-unsaturated/α-hetero) is 1. The summed E-state index contributed by atoms with van der Waals surface area (Å²) in [7, 11) is 0. The summed E-state index contributed by atoms with van der Waals surface area (Å²) < 4.78 is 5.88. The molecule has 0 aromatic heterocycles. The topological polar surface area (TPSA) is 80.7 Å². The number of carboxylic acids is 1. The van der Waals surface area contributed by atoms with Crippen LogP contribution in [0.3, 0.4) is 0 Å². The van der Waals surface area contributed by atoms with Crippen molar-refractivity contribution in [1.82, 2.24) is 0 Å². The number of ether oxygens (including phenoxy) is 1. The molecule has 0 amide bonds. The molecule has 5 nitrogen and oxygen atoms in total. The first-order valence-electron chi connectivity index (χ1n) is 9.24. The highest BCUT2D eigenvalue weighted by Crippen LogP contribution is 2.57. The third kappa shape index (κ3) is 3.04. The van der Waals surface area contributed by atoms with Gasteiger partial charge in [-0.25, -0.2) is 9.59 Å². The van der Waals surface area contributed by atoms with Crippen molar-refractivity contribution in [3.8, 4) is 0 Å². The molecule has 2 fully saturated rings. The molecular formula is C21H26O5. The smallest absolute Gasteiger partial charge is 0.338 e. The summed E-state index contributed by atoms with van der Waals surface area (Å²) in [5, 5.41) is 8.97. The average Bonchev–Trinajstić information content (AvgIpc) is 2.60. The third-order valence-corrected chi connectivity index (χ3v) is 6.59. The Labute approximate surface area is 153 Å². The number of aromatic carboxylic acids is 1. The van der Waals surface area contributed by atoms with Crippen LogP contribution >= 0.6 is 0 Å². The Bertz CT molecular complexity index is 733. The minimum absolute atomic E-state index is 0.138. The number of hydrogen-bond donors (Lipinski definition) is 1. The van der Waals surface area contributed by atoms with Gasteiger partial charge in [-0.1, -0.05) is 20.8 Å². The lowest BCUT2D eigenvalue weighted by Gasteiger charge is -2.55. The number of carbonyl (C=O) groups is 3. The monoisotopic (exact) mass is 358 g/mol. The largest absolute Gasteiger partial charge is 0.478 e. The number of carboxylic acid groups (broad SMARTS) is 1. The Kier molecular flexibility index (Phi) is 4.67. The Balaban J connectivity index is 1.79. The fraction of sp³-hybridized carbons (Fsp3) is 0.571. The van der Waals surface area contributed by atoms with Gasteiger partial charge in [0.25, 0.3) is 0 Å². The fourth-order valence-electron chi connectivity index (χ4n) is 4.95. The van der Waals surface area contributed by atoms with Gasteiger partial charge < -0.3 is 9.84 Å². The SMILES string of the molecule is CC1(C)C(=O)CC[C@@]2(C)[C@H](OC(=O)c3ccc(C(=O)O)cc3)CCC[C@@H]12.